The van der Waals surface area contributed by atoms with Crippen LogP contribution < -0.4 is 16.8 Å². The van der Waals surface area contributed by atoms with Crippen LogP contribution in [0.4, 0.5) is 5.82 Å². The molecule has 2 aromatic rings. The molecule has 8 nitrogen and oxygen atoms in total. The summed E-state index contributed by atoms with van der Waals surface area (Å²) in [5.74, 6) is 1.33. The minimum Gasteiger partial charge on any atom is -0.382 e. The van der Waals surface area contributed by atoms with Crippen molar-refractivity contribution in [2.75, 3.05) is 5.73 Å². The normalized spacial score (nSPS) is 27.3. The van der Waals surface area contributed by atoms with E-state index in [1.54, 1.807) is 10.9 Å². The molecule has 0 aromatic carbocycles. The van der Waals surface area contributed by atoms with Crippen molar-refractivity contribution in [2.45, 2.75) is 50.7 Å². The fraction of sp³-hybridized carbons (Fsp3) is 0.625. The zero-order chi connectivity index (χ0) is 16.7. The number of anilines is 1. The highest BCUT2D eigenvalue weighted by atomic mass is 35.5. The zero-order valence-electron chi connectivity index (χ0n) is 14.4. The zero-order valence-corrected chi connectivity index (χ0v) is 16.0. The van der Waals surface area contributed by atoms with E-state index in [-0.39, 0.29) is 49.3 Å². The summed E-state index contributed by atoms with van der Waals surface area (Å²) in [5.41, 5.74) is 13.1. The Morgan fingerprint density at radius 1 is 1.19 bits per heavy atom. The van der Waals surface area contributed by atoms with Gasteiger partial charge in [0.2, 0.25) is 5.91 Å². The van der Waals surface area contributed by atoms with Gasteiger partial charge in [0.15, 0.2) is 11.5 Å². The average Bonchev–Trinajstić information content (AvgIpc) is 2.93. The van der Waals surface area contributed by atoms with Gasteiger partial charge in [-0.3, -0.25) is 4.79 Å². The maximum absolute atomic E-state index is 12.6. The van der Waals surface area contributed by atoms with Gasteiger partial charge in [0.05, 0.1) is 6.33 Å². The number of nitrogens with zero attached hydrogens (tertiary/aromatic N) is 4. The first kappa shape index (κ1) is 20.7. The number of fused-ring (bicyclic) bond motifs is 3. The first-order valence-corrected chi connectivity index (χ1v) is 8.58. The summed E-state index contributed by atoms with van der Waals surface area (Å²) in [4.78, 5) is 24.9. The largest absolute Gasteiger partial charge is 0.382 e. The van der Waals surface area contributed by atoms with Crippen molar-refractivity contribution in [3.05, 3.63) is 12.7 Å². The molecule has 2 saturated carbocycles. The van der Waals surface area contributed by atoms with Crippen LogP contribution in [0.15, 0.2) is 12.7 Å². The van der Waals surface area contributed by atoms with Crippen LogP contribution in [0.1, 0.15) is 32.1 Å². The van der Waals surface area contributed by atoms with E-state index in [9.17, 15) is 4.79 Å². The Labute approximate surface area is 164 Å². The first-order chi connectivity index (χ1) is 11.6. The van der Waals surface area contributed by atoms with Crippen molar-refractivity contribution >= 4 is 47.7 Å². The predicted octanol–water partition coefficient (Wildman–Crippen LogP) is 1.27. The molecule has 144 valence electrons. The molecule has 26 heavy (non-hydrogen) atoms. The van der Waals surface area contributed by atoms with Gasteiger partial charge in [0.25, 0.3) is 0 Å². The Morgan fingerprint density at radius 3 is 2.58 bits per heavy atom. The lowest BCUT2D eigenvalue weighted by molar-refractivity contribution is -0.124. The number of halogens is 2. The molecule has 2 heterocycles. The average molecular weight is 402 g/mol. The van der Waals surface area contributed by atoms with Crippen LogP contribution in [-0.2, 0) is 11.3 Å². The molecule has 2 atom stereocenters. The molecule has 2 unspecified atom stereocenters. The maximum Gasteiger partial charge on any atom is 0.240 e. The van der Waals surface area contributed by atoms with Crippen LogP contribution in [0.3, 0.4) is 0 Å². The van der Waals surface area contributed by atoms with Gasteiger partial charge >= 0.3 is 0 Å². The summed E-state index contributed by atoms with van der Waals surface area (Å²) in [7, 11) is 0. The topological polar surface area (TPSA) is 125 Å². The fourth-order valence-corrected chi connectivity index (χ4v) is 4.43. The van der Waals surface area contributed by atoms with Crippen molar-refractivity contribution < 1.29 is 4.79 Å². The second-order valence-corrected chi connectivity index (χ2v) is 7.08. The van der Waals surface area contributed by atoms with Gasteiger partial charge in [-0.05, 0) is 37.5 Å². The lowest BCUT2D eigenvalue weighted by atomic mass is 9.67. The van der Waals surface area contributed by atoms with Gasteiger partial charge < -0.3 is 21.4 Å². The molecule has 2 bridgehead atoms. The smallest absolute Gasteiger partial charge is 0.240 e. The van der Waals surface area contributed by atoms with Gasteiger partial charge in [-0.25, -0.2) is 15.0 Å². The lowest BCUT2D eigenvalue weighted by Crippen LogP contribution is -2.54. The lowest BCUT2D eigenvalue weighted by Gasteiger charge is -2.45. The molecule has 2 fully saturated rings. The van der Waals surface area contributed by atoms with E-state index >= 15 is 0 Å². The van der Waals surface area contributed by atoms with Crippen LogP contribution in [0, 0.1) is 11.8 Å². The molecule has 0 saturated heterocycles. The molecule has 0 spiro atoms. The number of imidazole rings is 1. The summed E-state index contributed by atoms with van der Waals surface area (Å²) >= 11 is 0. The van der Waals surface area contributed by atoms with E-state index in [1.807, 2.05) is 0 Å². The molecule has 2 aromatic heterocycles. The molecule has 1 amide bonds. The molecular weight excluding hydrogens is 377 g/mol. The summed E-state index contributed by atoms with van der Waals surface area (Å²) in [6, 6.07) is 0.534. The quantitative estimate of drug-likeness (QED) is 0.710. The van der Waals surface area contributed by atoms with Crippen LogP contribution in [-0.4, -0.2) is 37.5 Å². The minimum absolute atomic E-state index is 0. The Balaban J connectivity index is 0.00000121. The number of amides is 1. The molecule has 4 rings (SSSR count). The van der Waals surface area contributed by atoms with Crippen LogP contribution in [0.25, 0.3) is 11.2 Å². The molecule has 0 radical (unpaired) electrons. The minimum atomic E-state index is -0.0103. The number of carbonyl (C=O) groups is 1. The monoisotopic (exact) mass is 401 g/mol. The van der Waals surface area contributed by atoms with E-state index in [4.69, 9.17) is 11.5 Å². The van der Waals surface area contributed by atoms with Crippen LogP contribution >= 0.6 is 24.8 Å². The predicted molar refractivity (Wildman–Crippen MR) is 104 cm³/mol. The second kappa shape index (κ2) is 8.37. The van der Waals surface area contributed by atoms with Crippen LogP contribution in [0.2, 0.25) is 0 Å². The van der Waals surface area contributed by atoms with Crippen molar-refractivity contribution in [1.29, 1.82) is 0 Å². The van der Waals surface area contributed by atoms with Gasteiger partial charge in [0.1, 0.15) is 18.4 Å². The van der Waals surface area contributed by atoms with E-state index in [1.165, 1.54) is 12.7 Å². The van der Waals surface area contributed by atoms with Gasteiger partial charge in [-0.2, -0.15) is 0 Å². The van der Waals surface area contributed by atoms with Gasteiger partial charge in [-0.15, -0.1) is 24.8 Å². The molecular formula is C16H25Cl2N7O. The van der Waals surface area contributed by atoms with E-state index in [0.29, 0.717) is 28.8 Å². The number of hydrogen-bond donors (Lipinski definition) is 3. The molecule has 2 aliphatic carbocycles. The van der Waals surface area contributed by atoms with Gasteiger partial charge in [0, 0.05) is 12.1 Å². The van der Waals surface area contributed by atoms with E-state index in [2.05, 4.69) is 20.3 Å². The highest BCUT2D eigenvalue weighted by Gasteiger charge is 2.39. The molecule has 0 aliphatic heterocycles. The first-order valence-electron chi connectivity index (χ1n) is 8.58. The summed E-state index contributed by atoms with van der Waals surface area (Å²) in [6.45, 7) is 0.189. The van der Waals surface area contributed by atoms with Crippen molar-refractivity contribution in [3.8, 4) is 0 Å². The number of hydrogen-bond acceptors (Lipinski definition) is 6. The molecule has 10 heteroatoms. The van der Waals surface area contributed by atoms with E-state index in [0.717, 1.165) is 25.7 Å². The molecule has 5 N–H and O–H groups in total. The summed E-state index contributed by atoms with van der Waals surface area (Å²) < 4.78 is 1.72. The number of rotatable bonds is 3. The third-order valence-corrected chi connectivity index (χ3v) is 5.45. The standard InChI is InChI=1S/C16H23N7O.2ClH/c17-11-4-9-2-1-3-10(5-11)13(9)22-12(24)6-23-8-21-14-15(18)19-7-20-16(14)23;;/h7-11,13H,1-6,17H2,(H,22,24)(H2,18,19,20);2*1H. The molecule has 2 aliphatic rings. The number of nitrogen functional groups attached to an aromatic ring is 1. The Morgan fingerprint density at radius 2 is 1.88 bits per heavy atom. The SMILES string of the molecule is Cl.Cl.Nc1ncnc2c1ncn2CC(=O)NC1C2CCCC1CC(N)C2. The number of carbonyl (C=O) groups excluding carboxylic acids is 1. The third-order valence-electron chi connectivity index (χ3n) is 5.45. The Hall–Kier alpha value is -1.64. The summed E-state index contributed by atoms with van der Waals surface area (Å²) in [6.07, 6.45) is 8.57. The highest BCUT2D eigenvalue weighted by Crippen LogP contribution is 2.39. The second-order valence-electron chi connectivity index (χ2n) is 7.08. The number of nitrogens with one attached hydrogen (secondary N) is 1. The van der Waals surface area contributed by atoms with E-state index < -0.39 is 0 Å². The van der Waals surface area contributed by atoms with Crippen LogP contribution in [0.5, 0.6) is 0 Å². The maximum atomic E-state index is 12.6. The van der Waals surface area contributed by atoms with Crippen molar-refractivity contribution in [2.24, 2.45) is 17.6 Å². The fourth-order valence-electron chi connectivity index (χ4n) is 4.43. The Kier molecular flexibility index (Phi) is 6.65. The third kappa shape index (κ3) is 3.87. The van der Waals surface area contributed by atoms with Crippen molar-refractivity contribution in [1.82, 2.24) is 24.8 Å². The number of aromatic nitrogens is 4. The Bertz CT molecular complexity index is 754. The highest BCUT2D eigenvalue weighted by molar-refractivity contribution is 5.85. The van der Waals surface area contributed by atoms with Gasteiger partial charge in [-0.1, -0.05) is 6.42 Å². The summed E-state index contributed by atoms with van der Waals surface area (Å²) in [5, 5.41) is 3.24. The number of nitrogens with two attached hydrogens (primary N) is 2. The van der Waals surface area contributed by atoms with Crippen molar-refractivity contribution in [3.63, 3.8) is 0 Å².